The van der Waals surface area contributed by atoms with Crippen LogP contribution in [-0.2, 0) is 26.0 Å². The first kappa shape index (κ1) is 20.2. The van der Waals surface area contributed by atoms with Crippen LogP contribution in [0.5, 0.6) is 5.75 Å². The van der Waals surface area contributed by atoms with E-state index >= 15 is 0 Å². The third kappa shape index (κ3) is 4.25. The Kier molecular flexibility index (Phi) is 5.52. The first-order valence-corrected chi connectivity index (χ1v) is 11.7. The van der Waals surface area contributed by atoms with Gasteiger partial charge in [0, 0.05) is 32.0 Å². The Hall–Kier alpha value is -2.13. The number of fused-ring (bicyclic) bond motifs is 1. The lowest BCUT2D eigenvalue weighted by Crippen LogP contribution is -2.45. The minimum Gasteiger partial charge on any atom is -0.493 e. The zero-order valence-electron chi connectivity index (χ0n) is 16.5. The fraction of sp³-hybridized carbons (Fsp3) is 0.600. The van der Waals surface area contributed by atoms with E-state index in [0.29, 0.717) is 45.3 Å². The van der Waals surface area contributed by atoms with Crippen molar-refractivity contribution >= 4 is 21.8 Å². The van der Waals surface area contributed by atoms with Crippen LogP contribution in [0, 0.1) is 5.92 Å². The normalized spacial score (nSPS) is 26.9. The van der Waals surface area contributed by atoms with Gasteiger partial charge in [-0.1, -0.05) is 0 Å². The van der Waals surface area contributed by atoms with Crippen molar-refractivity contribution in [3.05, 3.63) is 23.8 Å². The second kappa shape index (κ2) is 7.95. The monoisotopic (exact) mass is 421 g/mol. The maximum atomic E-state index is 12.7. The van der Waals surface area contributed by atoms with Gasteiger partial charge in [0.05, 0.1) is 11.5 Å². The zero-order valence-corrected chi connectivity index (χ0v) is 17.3. The van der Waals surface area contributed by atoms with Crippen LogP contribution < -0.4 is 14.8 Å². The number of carbonyl (C=O) groups excluding carboxylic acids is 2. The molecule has 1 aromatic rings. The average Bonchev–Trinajstić information content (AvgIpc) is 3.29. The maximum absolute atomic E-state index is 12.7. The predicted octanol–water partition coefficient (Wildman–Crippen LogP) is 0.806. The first-order chi connectivity index (χ1) is 13.8. The van der Waals surface area contributed by atoms with Crippen molar-refractivity contribution in [1.29, 1.82) is 0 Å². The molecule has 0 radical (unpaired) electrons. The van der Waals surface area contributed by atoms with E-state index in [1.807, 2.05) is 0 Å². The summed E-state index contributed by atoms with van der Waals surface area (Å²) < 4.78 is 33.7. The molecule has 1 saturated heterocycles. The molecule has 2 fully saturated rings. The highest BCUT2D eigenvalue weighted by atomic mass is 32.2. The number of likely N-dealkylation sites (N-methyl/N-ethyl adjacent to an activating group) is 1. The summed E-state index contributed by atoms with van der Waals surface area (Å²) in [4.78, 5) is 26.3. The molecule has 2 heterocycles. The summed E-state index contributed by atoms with van der Waals surface area (Å²) in [6.45, 7) is 1.24. The standard InChI is InChI=1S/C20H27N3O5S/c1-23-10-8-17(20(23)25)21-19(24)13-2-4-15(5-3-13)22-29(26,27)16-6-7-18-14(12-16)9-11-28-18/h6-7,12-13,15,17,22H,2-5,8-11H2,1H3,(H,21,24). The number of nitrogens with zero attached hydrogens (tertiary/aromatic N) is 1. The number of ether oxygens (including phenoxy) is 1. The molecule has 1 unspecified atom stereocenters. The molecule has 2 aliphatic heterocycles. The van der Waals surface area contributed by atoms with Gasteiger partial charge >= 0.3 is 0 Å². The van der Waals surface area contributed by atoms with Gasteiger partial charge in [-0.15, -0.1) is 0 Å². The Bertz CT molecular complexity index is 909. The summed E-state index contributed by atoms with van der Waals surface area (Å²) >= 11 is 0. The molecule has 1 aliphatic carbocycles. The Balaban J connectivity index is 1.30. The number of carbonyl (C=O) groups is 2. The van der Waals surface area contributed by atoms with E-state index in [9.17, 15) is 18.0 Å². The third-order valence-electron chi connectivity index (χ3n) is 6.14. The van der Waals surface area contributed by atoms with E-state index in [-0.39, 0.29) is 28.7 Å². The molecule has 1 saturated carbocycles. The van der Waals surface area contributed by atoms with Crippen LogP contribution in [-0.4, -0.2) is 57.4 Å². The van der Waals surface area contributed by atoms with Crippen LogP contribution >= 0.6 is 0 Å². The molecular weight excluding hydrogens is 394 g/mol. The second-order valence-corrected chi connectivity index (χ2v) is 9.86. The van der Waals surface area contributed by atoms with E-state index in [1.54, 1.807) is 30.1 Å². The average molecular weight is 422 g/mol. The number of likely N-dealkylation sites (tertiary alicyclic amines) is 1. The Morgan fingerprint density at radius 2 is 1.93 bits per heavy atom. The second-order valence-electron chi connectivity index (χ2n) is 8.15. The summed E-state index contributed by atoms with van der Waals surface area (Å²) in [6, 6.07) is 4.35. The number of nitrogens with one attached hydrogen (secondary N) is 2. The van der Waals surface area contributed by atoms with Crippen molar-refractivity contribution in [2.75, 3.05) is 20.2 Å². The maximum Gasteiger partial charge on any atom is 0.244 e. The molecule has 158 valence electrons. The van der Waals surface area contributed by atoms with Crippen LogP contribution in [0.3, 0.4) is 0 Å². The molecule has 1 atom stereocenters. The molecule has 3 aliphatic rings. The van der Waals surface area contributed by atoms with Crippen molar-refractivity contribution in [3.8, 4) is 5.75 Å². The van der Waals surface area contributed by atoms with Gasteiger partial charge in [-0.3, -0.25) is 9.59 Å². The molecule has 29 heavy (non-hydrogen) atoms. The molecule has 0 bridgehead atoms. The number of sulfonamides is 1. The zero-order chi connectivity index (χ0) is 20.6. The van der Waals surface area contributed by atoms with E-state index in [0.717, 1.165) is 17.7 Å². The lowest BCUT2D eigenvalue weighted by molar-refractivity contribution is -0.133. The lowest BCUT2D eigenvalue weighted by atomic mass is 9.86. The number of amides is 2. The van der Waals surface area contributed by atoms with E-state index in [1.165, 1.54) is 0 Å². The molecule has 0 spiro atoms. The largest absolute Gasteiger partial charge is 0.493 e. The molecule has 1 aromatic carbocycles. The number of hydrogen-bond donors (Lipinski definition) is 2. The summed E-state index contributed by atoms with van der Waals surface area (Å²) in [7, 11) is -1.87. The fourth-order valence-electron chi connectivity index (χ4n) is 4.34. The van der Waals surface area contributed by atoms with E-state index in [4.69, 9.17) is 4.74 Å². The van der Waals surface area contributed by atoms with Crippen LogP contribution in [0.4, 0.5) is 0 Å². The van der Waals surface area contributed by atoms with Crippen molar-refractivity contribution in [2.45, 2.75) is 55.5 Å². The minimum atomic E-state index is -3.61. The Morgan fingerprint density at radius 1 is 1.17 bits per heavy atom. The van der Waals surface area contributed by atoms with Crippen LogP contribution in [0.2, 0.25) is 0 Å². The molecule has 9 heteroatoms. The molecular formula is C20H27N3O5S. The van der Waals surface area contributed by atoms with Gasteiger partial charge in [0.25, 0.3) is 0 Å². The van der Waals surface area contributed by atoms with Crippen molar-refractivity contribution in [1.82, 2.24) is 14.9 Å². The van der Waals surface area contributed by atoms with E-state index < -0.39 is 16.1 Å². The topological polar surface area (TPSA) is 105 Å². The highest BCUT2D eigenvalue weighted by molar-refractivity contribution is 7.89. The molecule has 8 nitrogen and oxygen atoms in total. The van der Waals surface area contributed by atoms with Crippen molar-refractivity contribution in [3.63, 3.8) is 0 Å². The Labute approximate surface area is 171 Å². The quantitative estimate of drug-likeness (QED) is 0.732. The summed E-state index contributed by atoms with van der Waals surface area (Å²) in [5.41, 5.74) is 0.917. The number of rotatable bonds is 5. The SMILES string of the molecule is CN1CCC(NC(=O)C2CCC(NS(=O)(=O)c3ccc4c(c3)CCO4)CC2)C1=O. The van der Waals surface area contributed by atoms with Gasteiger partial charge in [0.2, 0.25) is 21.8 Å². The molecule has 2 N–H and O–H groups in total. The Morgan fingerprint density at radius 3 is 2.62 bits per heavy atom. The van der Waals surface area contributed by atoms with Crippen LogP contribution in [0.15, 0.2) is 23.1 Å². The molecule has 4 rings (SSSR count). The first-order valence-electron chi connectivity index (χ1n) is 10.2. The minimum absolute atomic E-state index is 0.0421. The number of benzene rings is 1. The smallest absolute Gasteiger partial charge is 0.244 e. The van der Waals surface area contributed by atoms with Gasteiger partial charge < -0.3 is 15.0 Å². The molecule has 0 aromatic heterocycles. The van der Waals surface area contributed by atoms with Crippen molar-refractivity contribution < 1.29 is 22.7 Å². The highest BCUT2D eigenvalue weighted by Gasteiger charge is 2.34. The summed E-state index contributed by atoms with van der Waals surface area (Å²) in [5, 5.41) is 2.86. The van der Waals surface area contributed by atoms with Crippen LogP contribution in [0.25, 0.3) is 0 Å². The van der Waals surface area contributed by atoms with Gasteiger partial charge in [0.1, 0.15) is 11.8 Å². The summed E-state index contributed by atoms with van der Waals surface area (Å²) in [5.74, 6) is 0.437. The molecule has 2 amide bonds. The van der Waals surface area contributed by atoms with Gasteiger partial charge in [-0.25, -0.2) is 13.1 Å². The number of hydrogen-bond acceptors (Lipinski definition) is 5. The van der Waals surface area contributed by atoms with Gasteiger partial charge in [0.15, 0.2) is 0 Å². The summed E-state index contributed by atoms with van der Waals surface area (Å²) in [6.07, 6.45) is 3.77. The van der Waals surface area contributed by atoms with Crippen LogP contribution in [0.1, 0.15) is 37.7 Å². The third-order valence-corrected chi connectivity index (χ3v) is 7.65. The lowest BCUT2D eigenvalue weighted by Gasteiger charge is -2.29. The van der Waals surface area contributed by atoms with Gasteiger partial charge in [-0.05, 0) is 55.9 Å². The highest BCUT2D eigenvalue weighted by Crippen LogP contribution is 2.29. The van der Waals surface area contributed by atoms with Gasteiger partial charge in [-0.2, -0.15) is 0 Å². The van der Waals surface area contributed by atoms with E-state index in [2.05, 4.69) is 10.0 Å². The fourth-order valence-corrected chi connectivity index (χ4v) is 5.69. The van der Waals surface area contributed by atoms with Crippen molar-refractivity contribution in [2.24, 2.45) is 5.92 Å². The predicted molar refractivity (Wildman–Crippen MR) is 106 cm³/mol.